The van der Waals surface area contributed by atoms with Gasteiger partial charge in [-0.3, -0.25) is 9.36 Å². The van der Waals surface area contributed by atoms with Crippen LogP contribution in [0.15, 0.2) is 60.8 Å². The number of hydrogen-bond acceptors (Lipinski definition) is 6. The van der Waals surface area contributed by atoms with Gasteiger partial charge < -0.3 is 28.8 Å². The lowest BCUT2D eigenvalue weighted by Crippen LogP contribution is -2.45. The van der Waals surface area contributed by atoms with Crippen LogP contribution in [0, 0.1) is 0 Å². The third-order valence-electron chi connectivity index (χ3n) is 13.4. The van der Waals surface area contributed by atoms with Crippen molar-refractivity contribution in [3.63, 3.8) is 0 Å². The molecule has 3 atom stereocenters. The minimum absolute atomic E-state index is 0.00634. The van der Waals surface area contributed by atoms with Crippen molar-refractivity contribution in [1.82, 2.24) is 5.32 Å². The van der Waals surface area contributed by atoms with Crippen molar-refractivity contribution in [3.05, 3.63) is 60.8 Å². The molecule has 0 fully saturated rings. The van der Waals surface area contributed by atoms with Gasteiger partial charge in [-0.15, -0.1) is 0 Å². The van der Waals surface area contributed by atoms with Gasteiger partial charge in [0.2, 0.25) is 5.91 Å². The van der Waals surface area contributed by atoms with E-state index in [1.165, 1.54) is 205 Å². The molecule has 8 nitrogen and oxygen atoms in total. The van der Waals surface area contributed by atoms with E-state index in [-0.39, 0.29) is 12.5 Å². The predicted octanol–water partition coefficient (Wildman–Crippen LogP) is 17.9. The SMILES string of the molecule is CCCCCC/C=C/CC/C=C/C(O)C(COP(=O)([O-])OCC[N+](C)(C)C)NC(=O)CCCCCCCCCCCCCCCCCCCCCCCCCC/C=C\C/C=C\C/C=C\CCCCCCC. The molecule has 0 aliphatic carbocycles. The number of aliphatic hydroxyl groups excluding tert-OH is 1. The second-order valence-electron chi connectivity index (χ2n) is 21.7. The van der Waals surface area contributed by atoms with Crippen molar-refractivity contribution in [2.75, 3.05) is 40.9 Å². The van der Waals surface area contributed by atoms with Crippen LogP contribution < -0.4 is 10.2 Å². The lowest BCUT2D eigenvalue weighted by atomic mass is 10.0. The fourth-order valence-corrected chi connectivity index (χ4v) is 9.43. The Morgan fingerprint density at radius 1 is 0.493 bits per heavy atom. The molecule has 0 rings (SSSR count). The molecule has 3 unspecified atom stereocenters. The summed E-state index contributed by atoms with van der Waals surface area (Å²) < 4.78 is 23.2. The topological polar surface area (TPSA) is 108 Å². The Hall–Kier alpha value is -1.80. The number of phosphoric acid groups is 1. The van der Waals surface area contributed by atoms with Crippen molar-refractivity contribution >= 4 is 13.7 Å². The molecule has 71 heavy (non-hydrogen) atoms. The lowest BCUT2D eigenvalue weighted by Gasteiger charge is -2.29. The van der Waals surface area contributed by atoms with Crippen LogP contribution >= 0.6 is 7.82 Å². The third kappa shape index (κ3) is 55.8. The highest BCUT2D eigenvalue weighted by Gasteiger charge is 2.23. The second kappa shape index (κ2) is 53.0. The van der Waals surface area contributed by atoms with Crippen LogP contribution in [0.4, 0.5) is 0 Å². The van der Waals surface area contributed by atoms with Crippen LogP contribution in [0.2, 0.25) is 0 Å². The normalized spacial score (nSPS) is 14.3. The quantitative estimate of drug-likeness (QED) is 0.0272. The van der Waals surface area contributed by atoms with Crippen LogP contribution in [0.1, 0.15) is 277 Å². The highest BCUT2D eigenvalue weighted by molar-refractivity contribution is 7.45. The van der Waals surface area contributed by atoms with Crippen molar-refractivity contribution in [2.45, 2.75) is 289 Å². The second-order valence-corrected chi connectivity index (χ2v) is 23.1. The van der Waals surface area contributed by atoms with Crippen LogP contribution in [0.25, 0.3) is 0 Å². The largest absolute Gasteiger partial charge is 0.756 e. The fourth-order valence-electron chi connectivity index (χ4n) is 8.71. The molecule has 0 saturated heterocycles. The van der Waals surface area contributed by atoms with Crippen LogP contribution in [-0.2, 0) is 18.4 Å². The van der Waals surface area contributed by atoms with Gasteiger partial charge in [-0.2, -0.15) is 0 Å². The first kappa shape index (κ1) is 69.2. The maximum absolute atomic E-state index is 12.9. The summed E-state index contributed by atoms with van der Waals surface area (Å²) >= 11 is 0. The molecule has 0 aromatic heterocycles. The van der Waals surface area contributed by atoms with E-state index in [1.807, 2.05) is 27.2 Å². The predicted molar refractivity (Wildman–Crippen MR) is 307 cm³/mol. The van der Waals surface area contributed by atoms with Gasteiger partial charge >= 0.3 is 0 Å². The molecule has 0 aromatic carbocycles. The highest BCUT2D eigenvalue weighted by Crippen LogP contribution is 2.38. The Morgan fingerprint density at radius 3 is 1.25 bits per heavy atom. The molecule has 0 saturated carbocycles. The van der Waals surface area contributed by atoms with E-state index in [4.69, 9.17) is 9.05 Å². The first-order chi connectivity index (χ1) is 34.5. The van der Waals surface area contributed by atoms with Gasteiger partial charge in [0.25, 0.3) is 7.82 Å². The van der Waals surface area contributed by atoms with E-state index in [0.717, 1.165) is 51.4 Å². The molecule has 9 heteroatoms. The number of likely N-dealkylation sites (N-methyl/N-ethyl adjacent to an activating group) is 1. The molecule has 2 N–H and O–H groups in total. The van der Waals surface area contributed by atoms with E-state index in [9.17, 15) is 19.4 Å². The molecular formula is C62H117N2O6P. The molecular weight excluding hydrogens is 900 g/mol. The zero-order valence-corrected chi connectivity index (χ0v) is 48.3. The molecule has 0 aliphatic heterocycles. The van der Waals surface area contributed by atoms with Gasteiger partial charge in [0.05, 0.1) is 39.9 Å². The average Bonchev–Trinajstić information content (AvgIpc) is 3.33. The number of rotatable bonds is 55. The molecule has 0 aromatic rings. The monoisotopic (exact) mass is 1020 g/mol. The summed E-state index contributed by atoms with van der Waals surface area (Å²) in [7, 11) is 1.25. The number of phosphoric ester groups is 1. The van der Waals surface area contributed by atoms with Gasteiger partial charge in [0.1, 0.15) is 13.2 Å². The average molecular weight is 1020 g/mol. The number of carbonyl (C=O) groups is 1. The number of aliphatic hydroxyl groups is 1. The smallest absolute Gasteiger partial charge is 0.268 e. The Balaban J connectivity index is 3.84. The van der Waals surface area contributed by atoms with E-state index >= 15 is 0 Å². The van der Waals surface area contributed by atoms with Gasteiger partial charge in [-0.1, -0.05) is 261 Å². The van der Waals surface area contributed by atoms with E-state index < -0.39 is 26.6 Å². The zero-order valence-electron chi connectivity index (χ0n) is 47.4. The number of amides is 1. The number of carbonyl (C=O) groups excluding carboxylic acids is 1. The Kier molecular flexibility index (Phi) is 51.7. The minimum Gasteiger partial charge on any atom is -0.756 e. The summed E-state index contributed by atoms with van der Waals surface area (Å²) in [6.07, 6.45) is 72.1. The van der Waals surface area contributed by atoms with Gasteiger partial charge in [-0.25, -0.2) is 0 Å². The van der Waals surface area contributed by atoms with Crippen molar-refractivity contribution in [2.24, 2.45) is 0 Å². The number of allylic oxidation sites excluding steroid dienone is 9. The van der Waals surface area contributed by atoms with Gasteiger partial charge in [-0.05, 0) is 70.6 Å². The van der Waals surface area contributed by atoms with Crippen LogP contribution in [0.5, 0.6) is 0 Å². The van der Waals surface area contributed by atoms with Gasteiger partial charge in [0.15, 0.2) is 0 Å². The number of nitrogens with zero attached hydrogens (tertiary/aromatic N) is 1. The molecule has 0 bridgehead atoms. The first-order valence-corrected chi connectivity index (χ1v) is 31.6. The van der Waals surface area contributed by atoms with E-state index in [1.54, 1.807) is 6.08 Å². The molecule has 0 aliphatic rings. The standard InChI is InChI=1S/C62H117N2O6P/c1-6-8-10-12-14-16-18-19-20-21-22-23-24-25-26-27-28-29-30-31-32-33-34-35-36-37-38-39-40-41-42-43-44-45-46-48-50-52-54-56-62(66)63-60(59-70-71(67,68)69-58-57-64(3,4)5)61(65)55-53-51-49-47-17-15-13-11-9-7-2/h17-19,21-22,24-25,47,53,55,60-61,65H,6-16,20,23,26-46,48-52,54,56-59H2,1-5H3,(H-,63,66,67,68)/b19-18-,22-21-,25-24-,47-17+,55-53+. The Bertz CT molecular complexity index is 1340. The van der Waals surface area contributed by atoms with Crippen LogP contribution in [0.3, 0.4) is 0 Å². The zero-order chi connectivity index (χ0) is 52.0. The Morgan fingerprint density at radius 2 is 0.831 bits per heavy atom. The number of nitrogens with one attached hydrogen (secondary N) is 1. The maximum atomic E-state index is 12.9. The minimum atomic E-state index is -4.60. The molecule has 1 amide bonds. The summed E-state index contributed by atoms with van der Waals surface area (Å²) in [4.78, 5) is 25.4. The summed E-state index contributed by atoms with van der Waals surface area (Å²) in [6, 6.07) is -0.901. The summed E-state index contributed by atoms with van der Waals surface area (Å²) in [5.41, 5.74) is 0. The summed E-state index contributed by atoms with van der Waals surface area (Å²) in [5, 5.41) is 13.8. The molecule has 0 spiro atoms. The summed E-state index contributed by atoms with van der Waals surface area (Å²) in [6.45, 7) is 4.59. The molecule has 0 heterocycles. The fraction of sp³-hybridized carbons (Fsp3) is 0.823. The maximum Gasteiger partial charge on any atom is 0.268 e. The van der Waals surface area contributed by atoms with Crippen molar-refractivity contribution in [1.29, 1.82) is 0 Å². The van der Waals surface area contributed by atoms with E-state index in [2.05, 4.69) is 67.8 Å². The number of quaternary nitrogens is 1. The van der Waals surface area contributed by atoms with Crippen molar-refractivity contribution in [3.8, 4) is 0 Å². The van der Waals surface area contributed by atoms with Gasteiger partial charge in [0, 0.05) is 6.42 Å². The highest BCUT2D eigenvalue weighted by atomic mass is 31.2. The third-order valence-corrected chi connectivity index (χ3v) is 14.4. The first-order valence-electron chi connectivity index (χ1n) is 30.2. The summed E-state index contributed by atoms with van der Waals surface area (Å²) in [5.74, 6) is -0.207. The van der Waals surface area contributed by atoms with Crippen LogP contribution in [-0.4, -0.2) is 68.5 Å². The van der Waals surface area contributed by atoms with E-state index in [0.29, 0.717) is 17.4 Å². The molecule has 416 valence electrons. The van der Waals surface area contributed by atoms with Crippen molar-refractivity contribution < 1.29 is 32.9 Å². The number of unbranched alkanes of at least 4 members (excludes halogenated alkanes) is 34. The Labute approximate surface area is 441 Å². The number of hydrogen-bond donors (Lipinski definition) is 2. The lowest BCUT2D eigenvalue weighted by molar-refractivity contribution is -0.870. The molecule has 0 radical (unpaired) electrons.